The summed E-state index contributed by atoms with van der Waals surface area (Å²) in [5.41, 5.74) is 1.29. The second-order valence-electron chi connectivity index (χ2n) is 4.73. The molecule has 0 saturated carbocycles. The molecule has 5 nitrogen and oxygen atoms in total. The van der Waals surface area contributed by atoms with Gasteiger partial charge in [-0.1, -0.05) is 6.07 Å². The number of pyridine rings is 2. The van der Waals surface area contributed by atoms with E-state index in [0.717, 1.165) is 11.4 Å². The van der Waals surface area contributed by atoms with Crippen LogP contribution in [0, 0.1) is 6.92 Å². The molecule has 1 atom stereocenters. The standard InChI is InChI=1S/C15H17N3O2/c1-10-7-8-12(14(19)17-10)15(20)18(3)11(2)13-6-4-5-9-16-13/h4-9,11H,1-3H3,(H,17,19). The minimum Gasteiger partial charge on any atom is -0.333 e. The van der Waals surface area contributed by atoms with Crippen molar-refractivity contribution in [2.75, 3.05) is 7.05 Å². The van der Waals surface area contributed by atoms with Crippen LogP contribution in [0.2, 0.25) is 0 Å². The zero-order valence-electron chi connectivity index (χ0n) is 11.8. The van der Waals surface area contributed by atoms with Crippen LogP contribution in [0.1, 0.15) is 34.7 Å². The number of carbonyl (C=O) groups is 1. The van der Waals surface area contributed by atoms with Crippen molar-refractivity contribution >= 4 is 5.91 Å². The first-order chi connectivity index (χ1) is 9.50. The fraction of sp³-hybridized carbons (Fsp3) is 0.267. The number of nitrogens with zero attached hydrogens (tertiary/aromatic N) is 2. The average Bonchev–Trinajstić information content (AvgIpc) is 2.46. The van der Waals surface area contributed by atoms with Crippen LogP contribution >= 0.6 is 0 Å². The molecule has 20 heavy (non-hydrogen) atoms. The van der Waals surface area contributed by atoms with Crippen molar-refractivity contribution in [2.45, 2.75) is 19.9 Å². The molecular weight excluding hydrogens is 254 g/mol. The molecule has 1 amide bonds. The number of nitrogens with one attached hydrogen (secondary N) is 1. The third-order valence-electron chi connectivity index (χ3n) is 3.30. The summed E-state index contributed by atoms with van der Waals surface area (Å²) < 4.78 is 0. The predicted octanol–water partition coefficient (Wildman–Crippen LogP) is 1.91. The van der Waals surface area contributed by atoms with E-state index in [9.17, 15) is 9.59 Å². The second-order valence-corrected chi connectivity index (χ2v) is 4.73. The van der Waals surface area contributed by atoms with E-state index in [2.05, 4.69) is 9.97 Å². The van der Waals surface area contributed by atoms with Gasteiger partial charge in [-0.25, -0.2) is 0 Å². The lowest BCUT2D eigenvalue weighted by molar-refractivity contribution is 0.0738. The zero-order valence-corrected chi connectivity index (χ0v) is 11.8. The molecule has 2 aromatic rings. The monoisotopic (exact) mass is 271 g/mol. The van der Waals surface area contributed by atoms with Crippen LogP contribution in [0.3, 0.4) is 0 Å². The Bertz CT molecular complexity index is 664. The van der Waals surface area contributed by atoms with Gasteiger partial charge in [-0.05, 0) is 38.1 Å². The summed E-state index contributed by atoms with van der Waals surface area (Å²) in [5, 5.41) is 0. The Morgan fingerprint density at radius 2 is 2.05 bits per heavy atom. The molecule has 2 rings (SSSR count). The highest BCUT2D eigenvalue weighted by molar-refractivity contribution is 5.93. The van der Waals surface area contributed by atoms with Crippen molar-refractivity contribution < 1.29 is 4.79 Å². The Morgan fingerprint density at radius 1 is 1.30 bits per heavy atom. The van der Waals surface area contributed by atoms with Gasteiger partial charge >= 0.3 is 0 Å². The molecule has 5 heteroatoms. The minimum absolute atomic E-state index is 0.140. The number of aromatic amines is 1. The molecule has 0 saturated heterocycles. The molecule has 0 aliphatic carbocycles. The van der Waals surface area contributed by atoms with Gasteiger partial charge in [-0.3, -0.25) is 14.6 Å². The van der Waals surface area contributed by atoms with Gasteiger partial charge in [0.1, 0.15) is 5.56 Å². The predicted molar refractivity (Wildman–Crippen MR) is 76.5 cm³/mol. The van der Waals surface area contributed by atoms with Crippen LogP contribution in [-0.4, -0.2) is 27.8 Å². The van der Waals surface area contributed by atoms with E-state index in [-0.39, 0.29) is 23.1 Å². The van der Waals surface area contributed by atoms with E-state index in [1.165, 1.54) is 4.90 Å². The Hall–Kier alpha value is -2.43. The molecule has 0 aliphatic heterocycles. The van der Waals surface area contributed by atoms with Gasteiger partial charge < -0.3 is 9.88 Å². The molecule has 0 radical (unpaired) electrons. The first-order valence-electron chi connectivity index (χ1n) is 6.38. The van der Waals surface area contributed by atoms with Gasteiger partial charge in [-0.15, -0.1) is 0 Å². The van der Waals surface area contributed by atoms with Gasteiger partial charge in [-0.2, -0.15) is 0 Å². The maximum Gasteiger partial charge on any atom is 0.260 e. The molecule has 0 bridgehead atoms. The van der Waals surface area contributed by atoms with Gasteiger partial charge in [0.2, 0.25) is 0 Å². The van der Waals surface area contributed by atoms with Gasteiger partial charge in [0.05, 0.1) is 11.7 Å². The lowest BCUT2D eigenvalue weighted by atomic mass is 10.1. The molecular formula is C15H17N3O2. The van der Waals surface area contributed by atoms with E-state index in [4.69, 9.17) is 0 Å². The van der Waals surface area contributed by atoms with Crippen LogP contribution in [0.15, 0.2) is 41.3 Å². The molecule has 0 spiro atoms. The van der Waals surface area contributed by atoms with Crippen LogP contribution in [-0.2, 0) is 0 Å². The highest BCUT2D eigenvalue weighted by Gasteiger charge is 2.21. The number of amides is 1. The van der Waals surface area contributed by atoms with Crippen molar-refractivity contribution in [3.8, 4) is 0 Å². The number of aryl methyl sites for hydroxylation is 1. The molecule has 104 valence electrons. The van der Waals surface area contributed by atoms with Crippen LogP contribution in [0.4, 0.5) is 0 Å². The summed E-state index contributed by atoms with van der Waals surface area (Å²) >= 11 is 0. The van der Waals surface area contributed by atoms with E-state index >= 15 is 0 Å². The van der Waals surface area contributed by atoms with E-state index in [0.29, 0.717) is 0 Å². The molecule has 1 N–H and O–H groups in total. The number of hydrogen-bond donors (Lipinski definition) is 1. The van der Waals surface area contributed by atoms with E-state index in [1.54, 1.807) is 32.3 Å². The maximum atomic E-state index is 12.4. The van der Waals surface area contributed by atoms with Crippen molar-refractivity contribution in [1.29, 1.82) is 0 Å². The average molecular weight is 271 g/mol. The number of aromatic nitrogens is 2. The van der Waals surface area contributed by atoms with Crippen molar-refractivity contribution in [1.82, 2.24) is 14.9 Å². The summed E-state index contributed by atoms with van der Waals surface area (Å²) in [7, 11) is 1.67. The van der Waals surface area contributed by atoms with Gasteiger partial charge in [0.15, 0.2) is 0 Å². The number of carbonyl (C=O) groups excluding carboxylic acids is 1. The molecule has 0 aromatic carbocycles. The van der Waals surface area contributed by atoms with Gasteiger partial charge in [0.25, 0.3) is 11.5 Å². The third-order valence-corrected chi connectivity index (χ3v) is 3.30. The molecule has 0 aliphatic rings. The van der Waals surface area contributed by atoms with Crippen molar-refractivity contribution in [3.05, 3.63) is 63.8 Å². The van der Waals surface area contributed by atoms with Crippen LogP contribution < -0.4 is 5.56 Å². The van der Waals surface area contributed by atoms with Crippen LogP contribution in [0.25, 0.3) is 0 Å². The Balaban J connectivity index is 2.27. The highest BCUT2D eigenvalue weighted by atomic mass is 16.2. The van der Waals surface area contributed by atoms with E-state index < -0.39 is 0 Å². The fourth-order valence-electron chi connectivity index (χ4n) is 1.93. The maximum absolute atomic E-state index is 12.4. The summed E-state index contributed by atoms with van der Waals surface area (Å²) in [6, 6.07) is 8.61. The summed E-state index contributed by atoms with van der Waals surface area (Å²) in [4.78, 5) is 32.6. The smallest absolute Gasteiger partial charge is 0.260 e. The lowest BCUT2D eigenvalue weighted by Crippen LogP contribution is -2.34. The second kappa shape index (κ2) is 5.69. The normalized spacial score (nSPS) is 11.9. The Labute approximate surface area is 117 Å². The summed E-state index contributed by atoms with van der Waals surface area (Å²) in [6.45, 7) is 3.65. The number of rotatable bonds is 3. The Morgan fingerprint density at radius 3 is 2.65 bits per heavy atom. The van der Waals surface area contributed by atoms with Crippen LogP contribution in [0.5, 0.6) is 0 Å². The lowest BCUT2D eigenvalue weighted by Gasteiger charge is -2.24. The quantitative estimate of drug-likeness (QED) is 0.927. The van der Waals surface area contributed by atoms with E-state index in [1.807, 2.05) is 25.1 Å². The molecule has 2 heterocycles. The summed E-state index contributed by atoms with van der Waals surface area (Å²) in [5.74, 6) is -0.315. The fourth-order valence-corrected chi connectivity index (χ4v) is 1.93. The highest BCUT2D eigenvalue weighted by Crippen LogP contribution is 2.17. The minimum atomic E-state index is -0.366. The topological polar surface area (TPSA) is 66.1 Å². The number of hydrogen-bond acceptors (Lipinski definition) is 3. The zero-order chi connectivity index (χ0) is 14.7. The SMILES string of the molecule is Cc1ccc(C(=O)N(C)C(C)c2ccccn2)c(=O)[nH]1. The van der Waals surface area contributed by atoms with Crippen molar-refractivity contribution in [3.63, 3.8) is 0 Å². The molecule has 0 fully saturated rings. The first kappa shape index (κ1) is 14.0. The Kier molecular flexibility index (Phi) is 3.98. The molecule has 2 aromatic heterocycles. The largest absolute Gasteiger partial charge is 0.333 e. The first-order valence-corrected chi connectivity index (χ1v) is 6.38. The molecule has 1 unspecified atom stereocenters. The third kappa shape index (κ3) is 2.77. The number of H-pyrrole nitrogens is 1. The summed E-state index contributed by atoms with van der Waals surface area (Å²) in [6.07, 6.45) is 1.68. The van der Waals surface area contributed by atoms with Crippen molar-refractivity contribution in [2.24, 2.45) is 0 Å². The van der Waals surface area contributed by atoms with Gasteiger partial charge in [0, 0.05) is 18.9 Å².